The molecular weight excluding hydrogens is 638 g/mol. The van der Waals surface area contributed by atoms with Gasteiger partial charge in [-0.1, -0.05) is 0 Å². The number of carbonyl (C=O) groups is 1. The van der Waals surface area contributed by atoms with E-state index in [0.717, 1.165) is 42.5 Å². The zero-order chi connectivity index (χ0) is 34.7. The highest BCUT2D eigenvalue weighted by atomic mass is 28.4. The summed E-state index contributed by atoms with van der Waals surface area (Å²) >= 11 is 0. The molecule has 3 aromatic carbocycles. The van der Waals surface area contributed by atoms with E-state index in [-0.39, 0.29) is 64.4 Å². The number of carbonyl (C=O) groups excluding carboxylic acids is 1. The van der Waals surface area contributed by atoms with Crippen LogP contribution in [0.25, 0.3) is 0 Å². The molecule has 0 aliphatic carbocycles. The van der Waals surface area contributed by atoms with E-state index in [1.807, 2.05) is 13.8 Å². The summed E-state index contributed by atoms with van der Waals surface area (Å²) in [6.45, 7) is 4.47. The second-order valence-electron chi connectivity index (χ2n) is 10.3. The number of ether oxygens (including phenoxy) is 1. The van der Waals surface area contributed by atoms with Crippen molar-refractivity contribution in [1.29, 1.82) is 0 Å². The van der Waals surface area contributed by atoms with Crippen LogP contribution in [0.15, 0.2) is 48.5 Å². The molecule has 0 amide bonds. The van der Waals surface area contributed by atoms with Crippen molar-refractivity contribution in [2.75, 3.05) is 20.3 Å². The van der Waals surface area contributed by atoms with Gasteiger partial charge < -0.3 is 28.2 Å². The number of rotatable bonds is 18. The Bertz CT molecular complexity index is 1630. The van der Waals surface area contributed by atoms with Crippen molar-refractivity contribution in [3.8, 4) is 17.2 Å². The lowest BCUT2D eigenvalue weighted by molar-refractivity contribution is -0.385. The Hall–Kier alpha value is -4.97. The fourth-order valence-electron chi connectivity index (χ4n) is 4.90. The predicted octanol–water partition coefficient (Wildman–Crippen LogP) is 5.74. The van der Waals surface area contributed by atoms with E-state index < -0.39 is 41.0 Å². The first-order chi connectivity index (χ1) is 22.3. The highest BCUT2D eigenvalue weighted by Crippen LogP contribution is 2.36. The number of non-ortho nitro benzene ring substituents is 3. The summed E-state index contributed by atoms with van der Waals surface area (Å²) in [7, 11) is -1.36. The van der Waals surface area contributed by atoms with Gasteiger partial charge in [-0.05, 0) is 38.8 Å². The maximum absolute atomic E-state index is 12.8. The zero-order valence-corrected chi connectivity index (χ0v) is 27.0. The highest BCUT2D eigenvalue weighted by molar-refractivity contribution is 6.60. The van der Waals surface area contributed by atoms with Crippen LogP contribution in [0.2, 0.25) is 6.04 Å². The fraction of sp³-hybridized carbons (Fsp3) is 0.367. The summed E-state index contributed by atoms with van der Waals surface area (Å²) in [5.74, 6) is -1.46. The highest BCUT2D eigenvalue weighted by Gasteiger charge is 2.38. The molecule has 0 saturated heterocycles. The molecule has 0 unspecified atom stereocenters. The minimum Gasteiger partial charge on any atom is -0.508 e. The monoisotopic (exact) mass is 673 g/mol. The van der Waals surface area contributed by atoms with Crippen LogP contribution in [0, 0.1) is 30.3 Å². The second kappa shape index (κ2) is 16.5. The van der Waals surface area contributed by atoms with E-state index in [0.29, 0.717) is 32.1 Å². The van der Waals surface area contributed by atoms with Crippen molar-refractivity contribution in [3.63, 3.8) is 0 Å². The van der Waals surface area contributed by atoms with Crippen LogP contribution in [0.1, 0.15) is 55.4 Å². The molecule has 0 bridgehead atoms. The van der Waals surface area contributed by atoms with E-state index in [2.05, 4.69) is 0 Å². The van der Waals surface area contributed by atoms with Crippen LogP contribution in [-0.2, 0) is 30.9 Å². The average molecular weight is 674 g/mol. The summed E-state index contributed by atoms with van der Waals surface area (Å²) in [5, 5.41) is 56.0. The average Bonchev–Trinajstić information content (AvgIpc) is 3.02. The second-order valence-corrected chi connectivity index (χ2v) is 13.1. The smallest absolute Gasteiger partial charge is 0.500 e. The Morgan fingerprint density at radius 3 is 1.79 bits per heavy atom. The Labute approximate surface area is 270 Å². The van der Waals surface area contributed by atoms with Crippen molar-refractivity contribution in [2.45, 2.75) is 52.0 Å². The number of phenolic OH excluding ortho intramolecular Hbond substituents is 2. The van der Waals surface area contributed by atoms with Crippen LogP contribution in [0.4, 0.5) is 17.1 Å². The van der Waals surface area contributed by atoms with Gasteiger partial charge in [-0.15, -0.1) is 0 Å². The number of nitro groups is 3. The minimum atomic E-state index is -2.88. The van der Waals surface area contributed by atoms with Gasteiger partial charge in [0.15, 0.2) is 0 Å². The van der Waals surface area contributed by atoms with E-state index >= 15 is 0 Å². The molecule has 0 fully saturated rings. The molecule has 0 aliphatic heterocycles. The van der Waals surface area contributed by atoms with Crippen LogP contribution in [0.3, 0.4) is 0 Å². The third-order valence-corrected chi connectivity index (χ3v) is 10.2. The van der Waals surface area contributed by atoms with Crippen molar-refractivity contribution in [1.82, 2.24) is 0 Å². The third-order valence-electron chi connectivity index (χ3n) is 7.13. The normalized spacial score (nSPS) is 11.3. The van der Waals surface area contributed by atoms with Gasteiger partial charge in [0.2, 0.25) is 0 Å². The van der Waals surface area contributed by atoms with Crippen molar-refractivity contribution < 1.29 is 47.8 Å². The predicted molar refractivity (Wildman–Crippen MR) is 169 cm³/mol. The SMILES string of the molecule is CCO[Si](CCCCC(=O)Oc1ccc([N+](=O)[O-])cc1Cc1cc([N+](=O)[O-])cc(Cc2cc([N+](=O)[O-])ccc2O)c1O)(OC)OCC. The fourth-order valence-corrected chi connectivity index (χ4v) is 7.28. The van der Waals surface area contributed by atoms with Crippen LogP contribution >= 0.6 is 0 Å². The van der Waals surface area contributed by atoms with Crippen molar-refractivity contribution in [3.05, 3.63) is 101 Å². The van der Waals surface area contributed by atoms with Crippen molar-refractivity contribution in [2.24, 2.45) is 0 Å². The van der Waals surface area contributed by atoms with Gasteiger partial charge in [0, 0.05) is 104 Å². The molecule has 0 atom stereocenters. The van der Waals surface area contributed by atoms with Gasteiger partial charge in [0.05, 0.1) is 14.8 Å². The zero-order valence-electron chi connectivity index (χ0n) is 26.0. The number of esters is 1. The summed E-state index contributed by atoms with van der Waals surface area (Å²) in [6, 6.07) is 9.37. The largest absolute Gasteiger partial charge is 0.508 e. The van der Waals surface area contributed by atoms with E-state index in [9.17, 15) is 45.4 Å². The Kier molecular flexibility index (Phi) is 12.8. The van der Waals surface area contributed by atoms with Gasteiger partial charge >= 0.3 is 14.8 Å². The first-order valence-corrected chi connectivity index (χ1v) is 16.5. The van der Waals surface area contributed by atoms with Crippen LogP contribution in [-0.4, -0.2) is 60.1 Å². The maximum Gasteiger partial charge on any atom is 0.500 e. The molecule has 0 radical (unpaired) electrons. The summed E-state index contributed by atoms with van der Waals surface area (Å²) in [6.07, 6.45) is 0.286. The number of benzene rings is 3. The molecule has 0 aliphatic rings. The van der Waals surface area contributed by atoms with E-state index in [1.165, 1.54) is 13.2 Å². The molecule has 0 spiro atoms. The number of unbranched alkanes of at least 4 members (excludes halogenated alkanes) is 1. The Morgan fingerprint density at radius 2 is 1.26 bits per heavy atom. The molecule has 16 nitrogen and oxygen atoms in total. The number of nitro benzene ring substituents is 3. The summed E-state index contributed by atoms with van der Waals surface area (Å²) in [5.41, 5.74) is -1.09. The van der Waals surface area contributed by atoms with Gasteiger partial charge in [0.25, 0.3) is 17.1 Å². The number of aromatic hydroxyl groups is 2. The molecule has 47 heavy (non-hydrogen) atoms. The lowest BCUT2D eigenvalue weighted by atomic mass is 9.95. The van der Waals surface area contributed by atoms with Crippen LogP contribution in [0.5, 0.6) is 17.2 Å². The maximum atomic E-state index is 12.8. The quantitative estimate of drug-likeness (QED) is 0.0411. The van der Waals surface area contributed by atoms with E-state index in [4.69, 9.17) is 18.0 Å². The van der Waals surface area contributed by atoms with Crippen LogP contribution < -0.4 is 4.74 Å². The number of nitrogens with zero attached hydrogens (tertiary/aromatic N) is 3. The van der Waals surface area contributed by atoms with Gasteiger partial charge in [-0.2, -0.15) is 0 Å². The number of hydrogen-bond acceptors (Lipinski definition) is 13. The molecule has 0 saturated carbocycles. The first-order valence-electron chi connectivity index (χ1n) is 14.6. The van der Waals surface area contributed by atoms with Gasteiger partial charge in [-0.25, -0.2) is 0 Å². The molecule has 17 heteroatoms. The molecule has 3 rings (SSSR count). The molecule has 252 valence electrons. The molecule has 3 aromatic rings. The molecular formula is C30H35N3O13Si. The topological polar surface area (TPSA) is 224 Å². The standard InChI is InChI=1S/C30H35N3O13Si/c1-4-44-47(43-3,45-5-2)13-7-6-8-29(35)46-28-12-10-25(32(39)40)17-21(28)15-23-19-26(33(41)42)18-22(30(23)36)14-20-16-24(31(37)38)9-11-27(20)34/h9-12,16-19,34,36H,4-8,13-15H2,1-3H3. The van der Waals surface area contributed by atoms with Crippen molar-refractivity contribution >= 4 is 31.8 Å². The first kappa shape index (κ1) is 36.5. The Morgan fingerprint density at radius 1 is 0.745 bits per heavy atom. The summed E-state index contributed by atoms with van der Waals surface area (Å²) < 4.78 is 22.6. The molecule has 0 aromatic heterocycles. The Balaban J connectivity index is 1.88. The van der Waals surface area contributed by atoms with Gasteiger partial charge in [-0.3, -0.25) is 35.1 Å². The lowest BCUT2D eigenvalue weighted by Crippen LogP contribution is -2.44. The number of hydrogen-bond donors (Lipinski definition) is 2. The van der Waals surface area contributed by atoms with E-state index in [1.54, 1.807) is 0 Å². The molecule has 0 heterocycles. The third kappa shape index (κ3) is 9.76. The molecule has 2 N–H and O–H groups in total. The minimum absolute atomic E-state index is 0.0121. The summed E-state index contributed by atoms with van der Waals surface area (Å²) in [4.78, 5) is 45.3. The lowest BCUT2D eigenvalue weighted by Gasteiger charge is -2.27. The number of phenols is 2. The van der Waals surface area contributed by atoms with Gasteiger partial charge in [0.1, 0.15) is 17.2 Å².